The van der Waals surface area contributed by atoms with Crippen molar-refractivity contribution in [3.05, 3.63) is 35.9 Å². The Hall–Kier alpha value is -0.860. The molecule has 0 spiro atoms. The zero-order chi connectivity index (χ0) is 13.7. The van der Waals surface area contributed by atoms with Crippen LogP contribution in [0.15, 0.2) is 30.3 Å². The zero-order valence-corrected chi connectivity index (χ0v) is 12.2. The third-order valence-electron chi connectivity index (χ3n) is 4.82. The number of rotatable bonds is 7. The average Bonchev–Trinajstić information content (AvgIpc) is 2.37. The Morgan fingerprint density at radius 3 is 2.42 bits per heavy atom. The molecule has 0 bridgehead atoms. The molecular formula is C17H27NO. The molecule has 2 N–H and O–H groups in total. The van der Waals surface area contributed by atoms with Crippen LogP contribution in [-0.2, 0) is 5.41 Å². The summed E-state index contributed by atoms with van der Waals surface area (Å²) in [6.45, 7) is 5.81. The van der Waals surface area contributed by atoms with Gasteiger partial charge >= 0.3 is 0 Å². The largest absolute Gasteiger partial charge is 0.396 e. The Kier molecular flexibility index (Phi) is 5.00. The van der Waals surface area contributed by atoms with Crippen LogP contribution in [0.1, 0.15) is 45.1 Å². The summed E-state index contributed by atoms with van der Waals surface area (Å²) in [7, 11) is 0. The minimum atomic E-state index is 0.293. The standard InChI is InChI=1S/C17H27NO/c1-14(9-12-19)13-18-15(2)17(10-6-11-17)16-7-4-3-5-8-16/h3-5,7-8,14-15,18-19H,6,9-13H2,1-2H3. The maximum atomic E-state index is 8.97. The molecule has 0 aliphatic heterocycles. The molecule has 2 atom stereocenters. The monoisotopic (exact) mass is 261 g/mol. The lowest BCUT2D eigenvalue weighted by molar-refractivity contribution is 0.172. The third kappa shape index (κ3) is 3.18. The van der Waals surface area contributed by atoms with E-state index < -0.39 is 0 Å². The first-order valence-electron chi connectivity index (χ1n) is 7.59. The van der Waals surface area contributed by atoms with Gasteiger partial charge in [-0.15, -0.1) is 0 Å². The van der Waals surface area contributed by atoms with Gasteiger partial charge in [0, 0.05) is 18.1 Å². The van der Waals surface area contributed by atoms with Crippen molar-refractivity contribution >= 4 is 0 Å². The number of nitrogens with one attached hydrogen (secondary N) is 1. The molecule has 106 valence electrons. The van der Waals surface area contributed by atoms with Gasteiger partial charge in [-0.25, -0.2) is 0 Å². The van der Waals surface area contributed by atoms with Gasteiger partial charge in [-0.1, -0.05) is 43.7 Å². The van der Waals surface area contributed by atoms with E-state index in [1.807, 2.05) is 0 Å². The molecule has 1 saturated carbocycles. The number of benzene rings is 1. The van der Waals surface area contributed by atoms with E-state index in [0.717, 1.165) is 13.0 Å². The first-order valence-corrected chi connectivity index (χ1v) is 7.59. The predicted octanol–water partition coefficient (Wildman–Crippen LogP) is 3.10. The van der Waals surface area contributed by atoms with E-state index in [1.54, 1.807) is 0 Å². The van der Waals surface area contributed by atoms with Gasteiger partial charge in [-0.05, 0) is 44.2 Å². The quantitative estimate of drug-likeness (QED) is 0.790. The van der Waals surface area contributed by atoms with Crippen LogP contribution in [-0.4, -0.2) is 24.3 Å². The Morgan fingerprint density at radius 2 is 1.89 bits per heavy atom. The molecule has 1 aliphatic carbocycles. The molecule has 0 aromatic heterocycles. The first-order chi connectivity index (χ1) is 9.19. The highest BCUT2D eigenvalue weighted by atomic mass is 16.3. The van der Waals surface area contributed by atoms with Gasteiger partial charge in [0.05, 0.1) is 0 Å². The van der Waals surface area contributed by atoms with Gasteiger partial charge in [0.2, 0.25) is 0 Å². The Labute approximate surface area is 117 Å². The van der Waals surface area contributed by atoms with E-state index in [4.69, 9.17) is 5.11 Å². The summed E-state index contributed by atoms with van der Waals surface area (Å²) >= 11 is 0. The Bertz CT molecular complexity index is 372. The number of hydrogen-bond donors (Lipinski definition) is 2. The second-order valence-corrected chi connectivity index (χ2v) is 6.12. The van der Waals surface area contributed by atoms with Crippen LogP contribution in [0.5, 0.6) is 0 Å². The fourth-order valence-corrected chi connectivity index (χ4v) is 3.20. The summed E-state index contributed by atoms with van der Waals surface area (Å²) < 4.78 is 0. The molecule has 19 heavy (non-hydrogen) atoms. The summed E-state index contributed by atoms with van der Waals surface area (Å²) in [5.41, 5.74) is 1.82. The lowest BCUT2D eigenvalue weighted by atomic mass is 9.60. The average molecular weight is 261 g/mol. The molecule has 1 aliphatic rings. The van der Waals surface area contributed by atoms with Gasteiger partial charge in [0.25, 0.3) is 0 Å². The van der Waals surface area contributed by atoms with Crippen LogP contribution in [0, 0.1) is 5.92 Å². The minimum absolute atomic E-state index is 0.293. The molecule has 2 heteroatoms. The van der Waals surface area contributed by atoms with E-state index in [-0.39, 0.29) is 0 Å². The first kappa shape index (κ1) is 14.5. The van der Waals surface area contributed by atoms with Crippen LogP contribution in [0.4, 0.5) is 0 Å². The molecule has 0 radical (unpaired) electrons. The second-order valence-electron chi connectivity index (χ2n) is 6.12. The molecule has 0 heterocycles. The van der Waals surface area contributed by atoms with Crippen molar-refractivity contribution in [2.45, 2.75) is 51.0 Å². The summed E-state index contributed by atoms with van der Waals surface area (Å²) in [6, 6.07) is 11.4. The normalized spacial score (nSPS) is 20.6. The summed E-state index contributed by atoms with van der Waals surface area (Å²) in [4.78, 5) is 0. The highest BCUT2D eigenvalue weighted by Gasteiger charge is 2.42. The van der Waals surface area contributed by atoms with E-state index >= 15 is 0 Å². The molecule has 0 amide bonds. The minimum Gasteiger partial charge on any atom is -0.396 e. The number of aliphatic hydroxyl groups excluding tert-OH is 1. The topological polar surface area (TPSA) is 32.3 Å². The highest BCUT2D eigenvalue weighted by Crippen LogP contribution is 2.46. The number of hydrogen-bond acceptors (Lipinski definition) is 2. The number of aliphatic hydroxyl groups is 1. The van der Waals surface area contributed by atoms with Crippen molar-refractivity contribution in [1.82, 2.24) is 5.32 Å². The van der Waals surface area contributed by atoms with Crippen LogP contribution >= 0.6 is 0 Å². The molecule has 1 aromatic carbocycles. The van der Waals surface area contributed by atoms with Crippen molar-refractivity contribution < 1.29 is 5.11 Å². The molecule has 2 rings (SSSR count). The van der Waals surface area contributed by atoms with E-state index in [9.17, 15) is 0 Å². The van der Waals surface area contributed by atoms with Gasteiger partial charge in [0.15, 0.2) is 0 Å². The van der Waals surface area contributed by atoms with Crippen molar-refractivity contribution in [1.29, 1.82) is 0 Å². The van der Waals surface area contributed by atoms with Gasteiger partial charge < -0.3 is 10.4 Å². The smallest absolute Gasteiger partial charge is 0.0434 e. The second kappa shape index (κ2) is 6.53. The van der Waals surface area contributed by atoms with Crippen molar-refractivity contribution in [3.8, 4) is 0 Å². The summed E-state index contributed by atoms with van der Waals surface area (Å²) in [5, 5.41) is 12.7. The van der Waals surface area contributed by atoms with Gasteiger partial charge in [-0.3, -0.25) is 0 Å². The molecular weight excluding hydrogens is 234 g/mol. The molecule has 1 fully saturated rings. The Morgan fingerprint density at radius 1 is 1.21 bits per heavy atom. The van der Waals surface area contributed by atoms with Crippen LogP contribution in [0.2, 0.25) is 0 Å². The van der Waals surface area contributed by atoms with Crippen molar-refractivity contribution in [3.63, 3.8) is 0 Å². The van der Waals surface area contributed by atoms with E-state index in [0.29, 0.717) is 24.0 Å². The fourth-order valence-electron chi connectivity index (χ4n) is 3.20. The fraction of sp³-hybridized carbons (Fsp3) is 0.647. The third-order valence-corrected chi connectivity index (χ3v) is 4.82. The summed E-state index contributed by atoms with van der Waals surface area (Å²) in [6.07, 6.45) is 4.81. The van der Waals surface area contributed by atoms with Gasteiger partial charge in [0.1, 0.15) is 0 Å². The molecule has 2 nitrogen and oxygen atoms in total. The van der Waals surface area contributed by atoms with E-state index in [1.165, 1.54) is 24.8 Å². The lowest BCUT2D eigenvalue weighted by Gasteiger charge is -2.48. The van der Waals surface area contributed by atoms with Crippen LogP contribution in [0.25, 0.3) is 0 Å². The SMILES string of the molecule is CC(CCO)CNC(C)C1(c2ccccc2)CCC1. The van der Waals surface area contributed by atoms with Crippen molar-refractivity contribution in [2.75, 3.05) is 13.2 Å². The molecule has 1 aromatic rings. The lowest BCUT2D eigenvalue weighted by Crippen LogP contribution is -2.52. The maximum Gasteiger partial charge on any atom is 0.0434 e. The molecule has 2 unspecified atom stereocenters. The summed E-state index contributed by atoms with van der Waals surface area (Å²) in [5.74, 6) is 0.542. The van der Waals surface area contributed by atoms with Crippen LogP contribution in [0.3, 0.4) is 0 Å². The van der Waals surface area contributed by atoms with E-state index in [2.05, 4.69) is 49.5 Å². The maximum absolute atomic E-state index is 8.97. The van der Waals surface area contributed by atoms with Gasteiger partial charge in [-0.2, -0.15) is 0 Å². The highest BCUT2D eigenvalue weighted by molar-refractivity contribution is 5.30. The zero-order valence-electron chi connectivity index (χ0n) is 12.2. The molecule has 0 saturated heterocycles. The van der Waals surface area contributed by atoms with Crippen molar-refractivity contribution in [2.24, 2.45) is 5.92 Å². The predicted molar refractivity (Wildman–Crippen MR) is 80.3 cm³/mol. The Balaban J connectivity index is 1.98. The van der Waals surface area contributed by atoms with Crippen LogP contribution < -0.4 is 5.32 Å².